The first-order valence-corrected chi connectivity index (χ1v) is 24.8. The minimum Gasteiger partial charge on any atom is -0.385 e. The van der Waals surface area contributed by atoms with Gasteiger partial charge in [0.25, 0.3) is 0 Å². The van der Waals surface area contributed by atoms with Gasteiger partial charge < -0.3 is 37.1 Å². The molecule has 10 nitrogen and oxygen atoms in total. The number of nitrogens with one attached hydrogen (secondary N) is 5. The molecule has 0 saturated carbocycles. The van der Waals surface area contributed by atoms with E-state index in [-0.39, 0.29) is 0 Å². The molecule has 0 bridgehead atoms. The Morgan fingerprint density at radius 1 is 0.465 bits per heavy atom. The summed E-state index contributed by atoms with van der Waals surface area (Å²) in [6.45, 7) is 5.28. The van der Waals surface area contributed by atoms with E-state index in [1.54, 1.807) is 0 Å². The number of fused-ring (bicyclic) bond motifs is 9. The Kier molecular flexibility index (Phi) is 14.3. The molecule has 0 aliphatic carbocycles. The van der Waals surface area contributed by atoms with Gasteiger partial charge in [0.15, 0.2) is 0 Å². The predicted molar refractivity (Wildman–Crippen MR) is 300 cm³/mol. The van der Waals surface area contributed by atoms with Crippen molar-refractivity contribution in [3.8, 4) is 33.4 Å². The number of halogens is 1. The highest BCUT2D eigenvalue weighted by Crippen LogP contribution is 2.39. The summed E-state index contributed by atoms with van der Waals surface area (Å²) in [7, 11) is 0. The first-order chi connectivity index (χ1) is 35.0. The fourth-order valence-electron chi connectivity index (χ4n) is 9.56. The molecule has 0 aliphatic rings. The van der Waals surface area contributed by atoms with Crippen molar-refractivity contribution in [3.63, 3.8) is 0 Å². The Morgan fingerprint density at radius 3 is 1.56 bits per heavy atom. The Labute approximate surface area is 417 Å². The van der Waals surface area contributed by atoms with Gasteiger partial charge in [-0.3, -0.25) is 0 Å². The Bertz CT molecular complexity index is 3760. The Balaban J connectivity index is 0.000000123. The number of hydrogen-bond donors (Lipinski definition) is 7. The maximum Gasteiger partial charge on any atom is 0.138 e. The molecule has 0 saturated heterocycles. The Hall–Kier alpha value is -8.02. The number of aryl methyl sites for hydroxylation is 1. The van der Waals surface area contributed by atoms with E-state index in [9.17, 15) is 0 Å². The quantitative estimate of drug-likeness (QED) is 0.0566. The summed E-state index contributed by atoms with van der Waals surface area (Å²) in [4.78, 5) is 23.7. The van der Waals surface area contributed by atoms with Gasteiger partial charge in [-0.2, -0.15) is 0 Å². The van der Waals surface area contributed by atoms with Crippen molar-refractivity contribution in [1.29, 1.82) is 0 Å². The monoisotopic (exact) mass is 952 g/mol. The zero-order valence-corrected chi connectivity index (χ0v) is 40.5. The fourth-order valence-corrected chi connectivity index (χ4v) is 9.74. The van der Waals surface area contributed by atoms with Crippen molar-refractivity contribution < 1.29 is 0 Å². The lowest BCUT2D eigenvalue weighted by atomic mass is 9.98. The van der Waals surface area contributed by atoms with E-state index >= 15 is 0 Å². The number of pyridine rings is 3. The van der Waals surface area contributed by atoms with Gasteiger partial charge in [0, 0.05) is 115 Å². The summed E-state index contributed by atoms with van der Waals surface area (Å²) in [5, 5.41) is 14.7. The third-order valence-corrected chi connectivity index (χ3v) is 13.1. The normalized spacial score (nSPS) is 11.3. The number of aromatic amines is 3. The van der Waals surface area contributed by atoms with Gasteiger partial charge in [0.1, 0.15) is 16.9 Å². The number of para-hydroxylation sites is 4. The van der Waals surface area contributed by atoms with Crippen LogP contribution in [0, 0.1) is 0 Å². The SMILES string of the molecule is CCCCNc1ccccc1-c1ccnc2[nH]c3ccccc3c12.NCCCc1cccc(-c2ccnc3[nH]c4ccc(Cl)cc4c23)c1.NCCNc1ccccc1-c1ccnc2[nH]c3ccccc3c12. The third kappa shape index (κ3) is 9.91. The zero-order chi connectivity index (χ0) is 48.5. The van der Waals surface area contributed by atoms with Crippen LogP contribution in [0.1, 0.15) is 31.7 Å². The van der Waals surface area contributed by atoms with Gasteiger partial charge in [-0.15, -0.1) is 0 Å². The van der Waals surface area contributed by atoms with E-state index in [2.05, 4.69) is 175 Å². The number of rotatable bonds is 13. The van der Waals surface area contributed by atoms with Crippen LogP contribution in [0.25, 0.3) is 99.2 Å². The van der Waals surface area contributed by atoms with E-state index in [4.69, 9.17) is 23.1 Å². The van der Waals surface area contributed by atoms with Crippen LogP contribution in [-0.4, -0.2) is 56.1 Å². The van der Waals surface area contributed by atoms with Crippen molar-refractivity contribution in [2.24, 2.45) is 11.5 Å². The van der Waals surface area contributed by atoms with Crippen molar-refractivity contribution >= 4 is 88.8 Å². The summed E-state index contributed by atoms with van der Waals surface area (Å²) < 4.78 is 0. The lowest BCUT2D eigenvalue weighted by Gasteiger charge is -2.13. The number of aromatic nitrogens is 6. The molecule has 12 rings (SSSR count). The van der Waals surface area contributed by atoms with Crippen LogP contribution in [0.2, 0.25) is 5.02 Å². The molecule has 0 aliphatic heterocycles. The van der Waals surface area contributed by atoms with Crippen molar-refractivity contribution in [2.45, 2.75) is 32.6 Å². The number of H-pyrrole nitrogens is 3. The van der Waals surface area contributed by atoms with E-state index < -0.39 is 0 Å². The molecule has 6 aromatic heterocycles. The second-order valence-electron chi connectivity index (χ2n) is 17.6. The molecule has 6 aromatic carbocycles. The molecule has 71 heavy (non-hydrogen) atoms. The molecular weight excluding hydrogens is 896 g/mol. The molecule has 354 valence electrons. The zero-order valence-electron chi connectivity index (χ0n) is 39.8. The highest BCUT2D eigenvalue weighted by atomic mass is 35.5. The maximum absolute atomic E-state index is 6.21. The van der Waals surface area contributed by atoms with E-state index in [0.717, 1.165) is 91.9 Å². The molecule has 0 spiro atoms. The van der Waals surface area contributed by atoms with Crippen molar-refractivity contribution in [3.05, 3.63) is 187 Å². The van der Waals surface area contributed by atoms with Gasteiger partial charge in [0.2, 0.25) is 0 Å². The fraction of sp³-hybridized carbons (Fsp3) is 0.150. The molecule has 9 N–H and O–H groups in total. The number of nitrogens with two attached hydrogens (primary N) is 2. The number of anilines is 2. The van der Waals surface area contributed by atoms with Gasteiger partial charge in [-0.25, -0.2) is 15.0 Å². The van der Waals surface area contributed by atoms with Crippen LogP contribution in [-0.2, 0) is 6.42 Å². The summed E-state index contributed by atoms with van der Waals surface area (Å²) in [5.74, 6) is 0. The average molecular weight is 954 g/mol. The first-order valence-electron chi connectivity index (χ1n) is 24.5. The van der Waals surface area contributed by atoms with Gasteiger partial charge >= 0.3 is 0 Å². The summed E-state index contributed by atoms with van der Waals surface area (Å²) >= 11 is 6.21. The van der Waals surface area contributed by atoms with E-state index in [1.807, 2.05) is 48.9 Å². The molecular formula is C60H57ClN10. The third-order valence-electron chi connectivity index (χ3n) is 12.9. The number of hydrogen-bond acceptors (Lipinski definition) is 7. The standard InChI is InChI=1S/C21H21N3.C20H18ClN3.C19H18N4/c1-2-3-13-22-18-10-6-4-8-15(18)16-12-14-23-21-20(16)17-9-5-7-11-19(17)24-21;21-15-6-7-18-17(12-15)19-16(8-10-23-20(19)24-18)14-5-1-3-13(11-14)4-2-9-22;20-10-12-21-16-7-3-1-5-13(16)14-9-11-22-19-18(14)15-6-2-4-8-17(15)23-19/h4-12,14,22H,2-3,13H2,1H3,(H,23,24);1,3,5-8,10-12H,2,4,9,22H2,(H,23,24);1-9,11,21H,10,12,20H2,(H,22,23). The minimum absolute atomic E-state index is 0.604. The Morgan fingerprint density at radius 2 is 0.986 bits per heavy atom. The molecule has 0 radical (unpaired) electrons. The second-order valence-corrected chi connectivity index (χ2v) is 18.0. The molecule has 0 amide bonds. The first kappa shape index (κ1) is 46.7. The lowest BCUT2D eigenvalue weighted by molar-refractivity contribution is 0.833. The van der Waals surface area contributed by atoms with E-state index in [0.29, 0.717) is 13.1 Å². The predicted octanol–water partition coefficient (Wildman–Crippen LogP) is 14.3. The largest absolute Gasteiger partial charge is 0.385 e. The number of nitrogens with zero attached hydrogens (tertiary/aromatic N) is 3. The molecule has 6 heterocycles. The maximum atomic E-state index is 6.21. The summed E-state index contributed by atoms with van der Waals surface area (Å²) in [6, 6.07) is 54.4. The van der Waals surface area contributed by atoms with E-state index in [1.165, 1.54) is 68.1 Å². The molecule has 0 fully saturated rings. The van der Waals surface area contributed by atoms with Crippen LogP contribution in [0.15, 0.2) is 176 Å². The van der Waals surface area contributed by atoms with Crippen LogP contribution < -0.4 is 22.1 Å². The van der Waals surface area contributed by atoms with Gasteiger partial charge in [-0.05, 0) is 114 Å². The number of unbranched alkanes of at least 4 members (excludes halogenated alkanes) is 1. The highest BCUT2D eigenvalue weighted by molar-refractivity contribution is 6.32. The molecule has 0 atom stereocenters. The summed E-state index contributed by atoms with van der Waals surface area (Å²) in [6.07, 6.45) is 9.95. The minimum atomic E-state index is 0.604. The second kappa shape index (κ2) is 21.7. The smallest absolute Gasteiger partial charge is 0.138 e. The highest BCUT2D eigenvalue weighted by Gasteiger charge is 2.16. The topological polar surface area (TPSA) is 162 Å². The molecule has 11 heteroatoms. The number of benzene rings is 6. The van der Waals surface area contributed by atoms with Crippen LogP contribution in [0.3, 0.4) is 0 Å². The van der Waals surface area contributed by atoms with Crippen molar-refractivity contribution in [2.75, 3.05) is 36.8 Å². The van der Waals surface area contributed by atoms with Crippen LogP contribution in [0.4, 0.5) is 11.4 Å². The average Bonchev–Trinajstić information content (AvgIpc) is 4.12. The van der Waals surface area contributed by atoms with Gasteiger partial charge in [-0.1, -0.05) is 122 Å². The van der Waals surface area contributed by atoms with Gasteiger partial charge in [0.05, 0.1) is 0 Å². The summed E-state index contributed by atoms with van der Waals surface area (Å²) in [5.41, 5.74) is 28.0. The van der Waals surface area contributed by atoms with Crippen LogP contribution >= 0.6 is 11.6 Å². The lowest BCUT2D eigenvalue weighted by Crippen LogP contribution is -2.13. The molecule has 0 unspecified atom stereocenters. The molecule has 12 aromatic rings. The van der Waals surface area contributed by atoms with Crippen LogP contribution in [0.5, 0.6) is 0 Å². The van der Waals surface area contributed by atoms with Crippen molar-refractivity contribution in [1.82, 2.24) is 29.9 Å².